The van der Waals surface area contributed by atoms with Crippen LogP contribution in [-0.4, -0.2) is 70.5 Å². The second-order valence-electron chi connectivity index (χ2n) is 5.61. The first-order valence-corrected chi connectivity index (χ1v) is 7.50. The molecule has 2 rings (SSSR count). The number of rotatable bonds is 2. The summed E-state index contributed by atoms with van der Waals surface area (Å²) in [6.07, 6.45) is 1.14. The zero-order valence-electron chi connectivity index (χ0n) is 13.6. The van der Waals surface area contributed by atoms with E-state index in [1.165, 1.54) is 4.90 Å². The van der Waals surface area contributed by atoms with Crippen LogP contribution in [0.15, 0.2) is 4.52 Å². The molecule has 122 valence electrons. The number of urea groups is 1. The Morgan fingerprint density at radius 2 is 2.09 bits per heavy atom. The molecule has 2 heterocycles. The van der Waals surface area contributed by atoms with Gasteiger partial charge in [0.1, 0.15) is 6.04 Å². The van der Waals surface area contributed by atoms with Gasteiger partial charge in [-0.15, -0.1) is 0 Å². The second kappa shape index (κ2) is 6.76. The third-order valence-corrected chi connectivity index (χ3v) is 3.70. The molecule has 8 heteroatoms. The molecule has 8 nitrogen and oxygen atoms in total. The van der Waals surface area contributed by atoms with E-state index in [0.717, 1.165) is 6.42 Å². The van der Waals surface area contributed by atoms with E-state index in [9.17, 15) is 9.59 Å². The monoisotopic (exact) mass is 309 g/mol. The molecule has 1 aromatic heterocycles. The van der Waals surface area contributed by atoms with Crippen LogP contribution >= 0.6 is 0 Å². The maximum Gasteiger partial charge on any atom is 0.319 e. The molecule has 0 bridgehead atoms. The second-order valence-corrected chi connectivity index (χ2v) is 5.61. The average molecular weight is 309 g/mol. The number of nitrogens with zero attached hydrogens (tertiary/aromatic N) is 5. The molecule has 1 aliphatic rings. The smallest absolute Gasteiger partial charge is 0.319 e. The van der Waals surface area contributed by atoms with E-state index in [-0.39, 0.29) is 18.0 Å². The van der Waals surface area contributed by atoms with E-state index in [2.05, 4.69) is 10.1 Å². The van der Waals surface area contributed by atoms with Crippen LogP contribution in [0.5, 0.6) is 0 Å². The van der Waals surface area contributed by atoms with Crippen molar-refractivity contribution in [3.63, 3.8) is 0 Å². The first-order chi connectivity index (χ1) is 10.4. The van der Waals surface area contributed by atoms with Crippen molar-refractivity contribution in [3.05, 3.63) is 11.7 Å². The van der Waals surface area contributed by atoms with Gasteiger partial charge in [0.2, 0.25) is 5.91 Å². The Labute approximate surface area is 130 Å². The molecule has 0 aliphatic carbocycles. The van der Waals surface area contributed by atoms with Crippen LogP contribution in [0, 0.1) is 6.92 Å². The van der Waals surface area contributed by atoms with E-state index in [1.54, 1.807) is 30.8 Å². The highest BCUT2D eigenvalue weighted by Crippen LogP contribution is 2.25. The molecule has 0 saturated carbocycles. The molecule has 3 amide bonds. The molecule has 1 aliphatic heterocycles. The van der Waals surface area contributed by atoms with Crippen LogP contribution < -0.4 is 0 Å². The van der Waals surface area contributed by atoms with Crippen molar-refractivity contribution in [1.29, 1.82) is 0 Å². The fourth-order valence-corrected chi connectivity index (χ4v) is 2.60. The van der Waals surface area contributed by atoms with E-state index in [4.69, 9.17) is 4.52 Å². The van der Waals surface area contributed by atoms with Gasteiger partial charge >= 0.3 is 6.03 Å². The van der Waals surface area contributed by atoms with Crippen molar-refractivity contribution in [2.75, 3.05) is 33.7 Å². The highest BCUT2D eigenvalue weighted by molar-refractivity contribution is 5.77. The summed E-state index contributed by atoms with van der Waals surface area (Å²) in [4.78, 5) is 33.8. The molecule has 1 atom stereocenters. The number of amides is 3. The van der Waals surface area contributed by atoms with Gasteiger partial charge in [-0.3, -0.25) is 4.79 Å². The lowest BCUT2D eigenvalue weighted by molar-refractivity contribution is -0.133. The molecule has 0 spiro atoms. The minimum absolute atomic E-state index is 0.0278. The van der Waals surface area contributed by atoms with E-state index in [0.29, 0.717) is 37.8 Å². The Morgan fingerprint density at radius 1 is 1.36 bits per heavy atom. The maximum atomic E-state index is 12.3. The fraction of sp³-hybridized carbons (Fsp3) is 0.714. The van der Waals surface area contributed by atoms with Crippen molar-refractivity contribution < 1.29 is 14.1 Å². The van der Waals surface area contributed by atoms with E-state index < -0.39 is 0 Å². The highest BCUT2D eigenvalue weighted by atomic mass is 16.5. The third-order valence-electron chi connectivity index (χ3n) is 3.70. The first-order valence-electron chi connectivity index (χ1n) is 7.50. The van der Waals surface area contributed by atoms with E-state index in [1.807, 2.05) is 6.92 Å². The summed E-state index contributed by atoms with van der Waals surface area (Å²) in [6, 6.07) is -0.466. The van der Waals surface area contributed by atoms with Gasteiger partial charge < -0.3 is 19.2 Å². The largest absolute Gasteiger partial charge is 0.337 e. The topological polar surface area (TPSA) is 82.8 Å². The van der Waals surface area contributed by atoms with Crippen LogP contribution in [0.2, 0.25) is 0 Å². The van der Waals surface area contributed by atoms with Crippen LogP contribution in [0.3, 0.4) is 0 Å². The molecule has 1 unspecified atom stereocenters. The number of hydrogen-bond donors (Lipinski definition) is 0. The van der Waals surface area contributed by atoms with Gasteiger partial charge in [-0.2, -0.15) is 4.98 Å². The summed E-state index contributed by atoms with van der Waals surface area (Å²) >= 11 is 0. The maximum absolute atomic E-state index is 12.3. The predicted molar refractivity (Wildman–Crippen MR) is 79.1 cm³/mol. The zero-order chi connectivity index (χ0) is 16.3. The molecule has 0 aromatic carbocycles. The lowest BCUT2D eigenvalue weighted by Crippen LogP contribution is -2.43. The Bertz CT molecular complexity index is 542. The summed E-state index contributed by atoms with van der Waals surface area (Å²) in [6.45, 7) is 5.11. The van der Waals surface area contributed by atoms with Crippen molar-refractivity contribution in [2.45, 2.75) is 32.7 Å². The normalized spacial score (nSPS) is 19.0. The Morgan fingerprint density at radius 3 is 2.64 bits per heavy atom. The summed E-state index contributed by atoms with van der Waals surface area (Å²) in [5.74, 6) is 0.936. The van der Waals surface area contributed by atoms with Crippen LogP contribution in [0.25, 0.3) is 0 Å². The molecule has 1 aromatic rings. The van der Waals surface area contributed by atoms with Crippen LogP contribution in [-0.2, 0) is 4.79 Å². The minimum atomic E-state index is -0.389. The average Bonchev–Trinajstić information content (AvgIpc) is 2.80. The molecule has 0 N–H and O–H groups in total. The van der Waals surface area contributed by atoms with Crippen molar-refractivity contribution in [2.24, 2.45) is 0 Å². The highest BCUT2D eigenvalue weighted by Gasteiger charge is 2.34. The van der Waals surface area contributed by atoms with Gasteiger partial charge in [-0.05, 0) is 13.3 Å². The van der Waals surface area contributed by atoms with Gasteiger partial charge in [-0.1, -0.05) is 12.1 Å². The van der Waals surface area contributed by atoms with Gasteiger partial charge in [0.15, 0.2) is 5.82 Å². The van der Waals surface area contributed by atoms with Crippen LogP contribution in [0.1, 0.15) is 37.5 Å². The summed E-state index contributed by atoms with van der Waals surface area (Å²) in [5.41, 5.74) is 0. The molecule has 1 saturated heterocycles. The lowest BCUT2D eigenvalue weighted by Gasteiger charge is -2.30. The SMILES string of the molecule is CCC(=O)N1CCCN(C(=O)N(C)C)CC1c1nc(C)no1. The Hall–Kier alpha value is -2.12. The van der Waals surface area contributed by atoms with Gasteiger partial charge in [0.25, 0.3) is 5.89 Å². The molecule has 0 radical (unpaired) electrons. The molecule has 1 fully saturated rings. The quantitative estimate of drug-likeness (QED) is 0.815. The number of hydrogen-bond acceptors (Lipinski definition) is 5. The molecular weight excluding hydrogens is 286 g/mol. The van der Waals surface area contributed by atoms with Gasteiger partial charge in [0.05, 0.1) is 6.54 Å². The van der Waals surface area contributed by atoms with Crippen molar-refractivity contribution in [3.8, 4) is 0 Å². The van der Waals surface area contributed by atoms with Crippen LogP contribution in [0.4, 0.5) is 4.79 Å². The van der Waals surface area contributed by atoms with Gasteiger partial charge in [-0.25, -0.2) is 4.79 Å². The minimum Gasteiger partial charge on any atom is -0.337 e. The predicted octanol–water partition coefficient (Wildman–Crippen LogP) is 1.05. The summed E-state index contributed by atoms with van der Waals surface area (Å²) in [7, 11) is 3.43. The molecule has 22 heavy (non-hydrogen) atoms. The molecular formula is C14H23N5O3. The summed E-state index contributed by atoms with van der Waals surface area (Å²) in [5, 5.41) is 3.81. The zero-order valence-corrected chi connectivity index (χ0v) is 13.6. The number of aromatic nitrogens is 2. The van der Waals surface area contributed by atoms with E-state index >= 15 is 0 Å². The first kappa shape index (κ1) is 16.3. The fourth-order valence-electron chi connectivity index (χ4n) is 2.60. The van der Waals surface area contributed by atoms with Crippen molar-refractivity contribution >= 4 is 11.9 Å². The Kier molecular flexibility index (Phi) is 4.99. The Balaban J connectivity index is 2.30. The summed E-state index contributed by atoms with van der Waals surface area (Å²) < 4.78 is 5.27. The van der Waals surface area contributed by atoms with Gasteiger partial charge in [0, 0.05) is 33.6 Å². The number of carbonyl (C=O) groups excluding carboxylic acids is 2. The standard InChI is InChI=1S/C14H23N5O3/c1-5-12(20)19-8-6-7-18(14(21)17(3)4)9-11(19)13-15-10(2)16-22-13/h11H,5-9H2,1-4H3. The number of carbonyl (C=O) groups is 2. The lowest BCUT2D eigenvalue weighted by atomic mass is 10.2. The third kappa shape index (κ3) is 3.37. The number of aryl methyl sites for hydroxylation is 1. The van der Waals surface area contributed by atoms with Crippen molar-refractivity contribution in [1.82, 2.24) is 24.8 Å².